The van der Waals surface area contributed by atoms with E-state index in [0.717, 1.165) is 12.1 Å². The molecule has 1 heterocycles. The van der Waals surface area contributed by atoms with Crippen LogP contribution in [-0.2, 0) is 14.0 Å². The van der Waals surface area contributed by atoms with Crippen LogP contribution in [0, 0.1) is 5.82 Å². The third-order valence-electron chi connectivity index (χ3n) is 5.14. The largest absolute Gasteiger partial charge is 0.492 e. The van der Waals surface area contributed by atoms with Gasteiger partial charge in [-0.1, -0.05) is 6.08 Å². The van der Waals surface area contributed by atoms with Crippen LogP contribution in [0.1, 0.15) is 64.4 Å². The van der Waals surface area contributed by atoms with E-state index in [1.54, 1.807) is 20.8 Å². The van der Waals surface area contributed by atoms with Crippen LogP contribution in [0.4, 0.5) is 14.9 Å². The fourth-order valence-corrected chi connectivity index (χ4v) is 2.82. The molecule has 1 fully saturated rings. The molecule has 1 amide bonds. The van der Waals surface area contributed by atoms with Gasteiger partial charge in [0, 0.05) is 12.1 Å². The lowest BCUT2D eigenvalue weighted by atomic mass is 9.76. The molecule has 1 aromatic rings. The zero-order valence-corrected chi connectivity index (χ0v) is 19.0. The van der Waals surface area contributed by atoms with Gasteiger partial charge in [-0.3, -0.25) is 0 Å². The number of anilines is 1. The number of aromatic carboxylic acids is 1. The summed E-state index contributed by atoms with van der Waals surface area (Å²) in [5.74, 6) is -2.11. The lowest BCUT2D eigenvalue weighted by Crippen LogP contribution is -2.41. The van der Waals surface area contributed by atoms with Crippen molar-refractivity contribution < 1.29 is 33.1 Å². The number of alkyl carbamates (subject to hydrolysis) is 1. The minimum absolute atomic E-state index is 0.0515. The van der Waals surface area contributed by atoms with Gasteiger partial charge in [0.25, 0.3) is 0 Å². The predicted octanol–water partition coefficient (Wildman–Crippen LogP) is 3.65. The maximum absolute atomic E-state index is 14.0. The Bertz CT molecular complexity index is 892. The van der Waals surface area contributed by atoms with Crippen molar-refractivity contribution in [2.24, 2.45) is 0 Å². The Labute approximate surface area is 182 Å². The molecule has 8 nitrogen and oxygen atoms in total. The number of rotatable bonds is 5. The van der Waals surface area contributed by atoms with Crippen LogP contribution in [0.5, 0.6) is 0 Å². The van der Waals surface area contributed by atoms with Crippen LogP contribution < -0.4 is 11.1 Å². The van der Waals surface area contributed by atoms with Gasteiger partial charge < -0.3 is 30.2 Å². The Kier molecular flexibility index (Phi) is 6.77. The molecule has 0 aliphatic carbocycles. The molecule has 0 saturated carbocycles. The predicted molar refractivity (Wildman–Crippen MR) is 116 cm³/mol. The SMILES string of the molecule is CC(C)(C)OC(=O)NCC(=Cc1cc(F)cc(C(=O)O)c1N)B1OC(C)(C)C(C)(C)O1. The van der Waals surface area contributed by atoms with Crippen molar-refractivity contribution >= 4 is 30.9 Å². The van der Waals surface area contributed by atoms with Gasteiger partial charge in [-0.2, -0.15) is 0 Å². The van der Waals surface area contributed by atoms with Gasteiger partial charge >= 0.3 is 19.2 Å². The molecule has 0 atom stereocenters. The highest BCUT2D eigenvalue weighted by Crippen LogP contribution is 2.39. The number of nitrogens with one attached hydrogen (secondary N) is 1. The Hall–Kier alpha value is -2.59. The molecule has 4 N–H and O–H groups in total. The lowest BCUT2D eigenvalue weighted by molar-refractivity contribution is 0.00578. The van der Waals surface area contributed by atoms with E-state index in [1.807, 2.05) is 27.7 Å². The summed E-state index contributed by atoms with van der Waals surface area (Å²) in [6, 6.07) is 1.96. The van der Waals surface area contributed by atoms with Crippen molar-refractivity contribution in [1.82, 2.24) is 5.32 Å². The molecule has 0 bridgehead atoms. The molecule has 0 aromatic heterocycles. The molecule has 1 saturated heterocycles. The number of amides is 1. The number of halogens is 1. The number of carboxylic acid groups (broad SMARTS) is 1. The third-order valence-corrected chi connectivity index (χ3v) is 5.14. The smallest absolute Gasteiger partial charge is 0.478 e. The second-order valence-electron chi connectivity index (χ2n) is 9.42. The van der Waals surface area contributed by atoms with Crippen LogP contribution in [0.2, 0.25) is 0 Å². The first kappa shape index (κ1) is 24.7. The maximum Gasteiger partial charge on any atom is 0.492 e. The van der Waals surface area contributed by atoms with Crippen LogP contribution in [-0.4, -0.2) is 47.6 Å². The molecular formula is C21H30BFN2O6. The monoisotopic (exact) mass is 436 g/mol. The number of carbonyl (C=O) groups is 2. The molecule has 0 radical (unpaired) electrons. The Balaban J connectivity index is 2.44. The van der Waals surface area contributed by atoms with E-state index in [4.69, 9.17) is 19.8 Å². The molecule has 31 heavy (non-hydrogen) atoms. The van der Waals surface area contributed by atoms with Crippen LogP contribution in [0.15, 0.2) is 17.6 Å². The molecule has 1 aliphatic rings. The molecule has 170 valence electrons. The minimum Gasteiger partial charge on any atom is -0.478 e. The number of hydrogen-bond donors (Lipinski definition) is 3. The number of hydrogen-bond acceptors (Lipinski definition) is 6. The van der Waals surface area contributed by atoms with E-state index in [-0.39, 0.29) is 23.4 Å². The van der Waals surface area contributed by atoms with Gasteiger partial charge in [-0.15, -0.1) is 0 Å². The second-order valence-corrected chi connectivity index (χ2v) is 9.42. The highest BCUT2D eigenvalue weighted by atomic mass is 19.1. The third kappa shape index (κ3) is 5.98. The molecule has 1 aromatic carbocycles. The summed E-state index contributed by atoms with van der Waals surface area (Å²) in [4.78, 5) is 23.5. The van der Waals surface area contributed by atoms with Crippen molar-refractivity contribution in [3.05, 3.63) is 34.5 Å². The first-order chi connectivity index (χ1) is 14.0. The van der Waals surface area contributed by atoms with Gasteiger partial charge in [0.15, 0.2) is 0 Å². The zero-order chi connectivity index (χ0) is 23.8. The number of nitrogen functional groups attached to an aromatic ring is 1. The molecule has 2 rings (SSSR count). The molecule has 10 heteroatoms. The summed E-state index contributed by atoms with van der Waals surface area (Å²) < 4.78 is 31.4. The maximum atomic E-state index is 14.0. The first-order valence-electron chi connectivity index (χ1n) is 9.88. The Morgan fingerprint density at radius 3 is 2.26 bits per heavy atom. The summed E-state index contributed by atoms with van der Waals surface area (Å²) in [6.45, 7) is 12.6. The van der Waals surface area contributed by atoms with Crippen molar-refractivity contribution in [1.29, 1.82) is 0 Å². The zero-order valence-electron chi connectivity index (χ0n) is 19.0. The second kappa shape index (κ2) is 8.51. The summed E-state index contributed by atoms with van der Waals surface area (Å²) in [5.41, 5.74) is 4.01. The number of carbonyl (C=O) groups excluding carboxylic acids is 1. The Morgan fingerprint density at radius 2 is 1.77 bits per heavy atom. The van der Waals surface area contributed by atoms with Crippen LogP contribution >= 0.6 is 0 Å². The van der Waals surface area contributed by atoms with E-state index >= 15 is 0 Å². The van der Waals surface area contributed by atoms with Crippen molar-refractivity contribution in [2.75, 3.05) is 12.3 Å². The average molecular weight is 436 g/mol. The van der Waals surface area contributed by atoms with Gasteiger partial charge in [0.2, 0.25) is 0 Å². The van der Waals surface area contributed by atoms with Crippen molar-refractivity contribution in [3.63, 3.8) is 0 Å². The van der Waals surface area contributed by atoms with Crippen molar-refractivity contribution in [2.45, 2.75) is 65.3 Å². The van der Waals surface area contributed by atoms with E-state index in [0.29, 0.717) is 5.47 Å². The molecule has 1 aliphatic heterocycles. The molecular weight excluding hydrogens is 406 g/mol. The van der Waals surface area contributed by atoms with Crippen LogP contribution in [0.25, 0.3) is 6.08 Å². The Morgan fingerprint density at radius 1 is 1.23 bits per heavy atom. The summed E-state index contributed by atoms with van der Waals surface area (Å²) in [5, 5.41) is 11.9. The number of nitrogens with two attached hydrogens (primary N) is 1. The van der Waals surface area contributed by atoms with Crippen molar-refractivity contribution in [3.8, 4) is 0 Å². The van der Waals surface area contributed by atoms with Gasteiger partial charge in [-0.25, -0.2) is 14.0 Å². The number of benzene rings is 1. The minimum atomic E-state index is -1.35. The van der Waals surface area contributed by atoms with E-state index < -0.39 is 41.8 Å². The summed E-state index contributed by atoms with van der Waals surface area (Å²) >= 11 is 0. The van der Waals surface area contributed by atoms with E-state index in [2.05, 4.69) is 5.32 Å². The standard InChI is InChI=1S/C21H30BFN2O6/c1-19(2,3)29-18(28)25-11-13(22-30-20(4,5)21(6,7)31-22)8-12-9-14(23)10-15(16(12)24)17(26)27/h8-10H,11,24H2,1-7H3,(H,25,28)(H,26,27). The van der Waals surface area contributed by atoms with Gasteiger partial charge in [-0.05, 0) is 66.1 Å². The first-order valence-corrected chi connectivity index (χ1v) is 9.88. The van der Waals surface area contributed by atoms with Gasteiger partial charge in [0.05, 0.1) is 22.5 Å². The van der Waals surface area contributed by atoms with Crippen LogP contribution in [0.3, 0.4) is 0 Å². The topological polar surface area (TPSA) is 120 Å². The average Bonchev–Trinajstić information content (AvgIpc) is 2.79. The van der Waals surface area contributed by atoms with E-state index in [1.165, 1.54) is 6.08 Å². The van der Waals surface area contributed by atoms with E-state index in [9.17, 15) is 19.1 Å². The molecule has 0 spiro atoms. The molecule has 0 unspecified atom stereocenters. The highest BCUT2D eigenvalue weighted by molar-refractivity contribution is 6.56. The summed E-state index contributed by atoms with van der Waals surface area (Å²) in [7, 11) is -0.879. The normalized spacial score (nSPS) is 18.1. The number of ether oxygens (including phenoxy) is 1. The highest BCUT2D eigenvalue weighted by Gasteiger charge is 2.52. The quantitative estimate of drug-likeness (QED) is 0.476. The fraction of sp³-hybridized carbons (Fsp3) is 0.524. The van der Waals surface area contributed by atoms with Gasteiger partial charge in [0.1, 0.15) is 11.4 Å². The fourth-order valence-electron chi connectivity index (χ4n) is 2.82. The summed E-state index contributed by atoms with van der Waals surface area (Å²) in [6.07, 6.45) is 0.804. The lowest BCUT2D eigenvalue weighted by Gasteiger charge is -2.32. The number of carboxylic acids is 1.